The SMILES string of the molecule is CCC1CNCCN1c1ccc(C)c(C(F)(F)F)c1. The monoisotopic (exact) mass is 272 g/mol. The van der Waals surface area contributed by atoms with Crippen LogP contribution in [-0.2, 0) is 6.18 Å². The molecule has 1 aromatic rings. The minimum atomic E-state index is -4.28. The Morgan fingerprint density at radius 3 is 2.74 bits per heavy atom. The van der Waals surface area contributed by atoms with Crippen LogP contribution >= 0.6 is 0 Å². The second-order valence-corrected chi connectivity index (χ2v) is 4.96. The van der Waals surface area contributed by atoms with Gasteiger partial charge >= 0.3 is 6.18 Å². The van der Waals surface area contributed by atoms with Crippen molar-refractivity contribution in [3.63, 3.8) is 0 Å². The Morgan fingerprint density at radius 1 is 1.37 bits per heavy atom. The first-order valence-electron chi connectivity index (χ1n) is 6.58. The van der Waals surface area contributed by atoms with Crippen LogP contribution in [0.5, 0.6) is 0 Å². The van der Waals surface area contributed by atoms with Crippen molar-refractivity contribution < 1.29 is 13.2 Å². The van der Waals surface area contributed by atoms with E-state index < -0.39 is 11.7 Å². The lowest BCUT2D eigenvalue weighted by molar-refractivity contribution is -0.138. The summed E-state index contributed by atoms with van der Waals surface area (Å²) >= 11 is 0. The minimum absolute atomic E-state index is 0.262. The smallest absolute Gasteiger partial charge is 0.366 e. The van der Waals surface area contributed by atoms with Gasteiger partial charge in [0.15, 0.2) is 0 Å². The highest BCUT2D eigenvalue weighted by Crippen LogP contribution is 2.35. The summed E-state index contributed by atoms with van der Waals surface area (Å²) in [4.78, 5) is 2.07. The Bertz CT molecular complexity index is 443. The highest BCUT2D eigenvalue weighted by atomic mass is 19.4. The Labute approximate surface area is 111 Å². The van der Waals surface area contributed by atoms with E-state index in [4.69, 9.17) is 0 Å². The molecule has 0 radical (unpaired) electrons. The van der Waals surface area contributed by atoms with Crippen molar-refractivity contribution in [2.45, 2.75) is 32.5 Å². The van der Waals surface area contributed by atoms with Gasteiger partial charge in [0.25, 0.3) is 0 Å². The van der Waals surface area contributed by atoms with Gasteiger partial charge in [0.05, 0.1) is 5.56 Å². The maximum atomic E-state index is 12.9. The van der Waals surface area contributed by atoms with Gasteiger partial charge in [-0.3, -0.25) is 0 Å². The topological polar surface area (TPSA) is 15.3 Å². The van der Waals surface area contributed by atoms with Crippen LogP contribution in [0.3, 0.4) is 0 Å². The third kappa shape index (κ3) is 3.03. The number of nitrogens with one attached hydrogen (secondary N) is 1. The van der Waals surface area contributed by atoms with Gasteiger partial charge in [0, 0.05) is 31.4 Å². The van der Waals surface area contributed by atoms with Crippen LogP contribution in [-0.4, -0.2) is 25.7 Å². The Kier molecular flexibility index (Phi) is 4.04. The van der Waals surface area contributed by atoms with Crippen LogP contribution in [0, 0.1) is 6.92 Å². The lowest BCUT2D eigenvalue weighted by atomic mass is 10.0. The van der Waals surface area contributed by atoms with Crippen molar-refractivity contribution in [3.8, 4) is 0 Å². The molecular formula is C14H19F3N2. The standard InChI is InChI=1S/C14H19F3N2/c1-3-11-9-18-6-7-19(11)12-5-4-10(2)13(8-12)14(15,16)17/h4-5,8,11,18H,3,6-7,9H2,1-2H3. The number of aryl methyl sites for hydroxylation is 1. The average Bonchev–Trinajstić information content (AvgIpc) is 2.38. The number of rotatable bonds is 2. The molecular weight excluding hydrogens is 253 g/mol. The van der Waals surface area contributed by atoms with E-state index in [2.05, 4.69) is 17.1 Å². The molecule has 1 aliphatic heterocycles. The van der Waals surface area contributed by atoms with E-state index in [9.17, 15) is 13.2 Å². The van der Waals surface area contributed by atoms with Crippen molar-refractivity contribution in [3.05, 3.63) is 29.3 Å². The molecule has 1 heterocycles. The van der Waals surface area contributed by atoms with E-state index in [1.807, 2.05) is 0 Å². The Balaban J connectivity index is 2.34. The number of nitrogens with zero attached hydrogens (tertiary/aromatic N) is 1. The van der Waals surface area contributed by atoms with Crippen molar-refractivity contribution in [1.29, 1.82) is 0 Å². The number of piperazine rings is 1. The molecule has 1 N–H and O–H groups in total. The normalized spacial score (nSPS) is 20.7. The minimum Gasteiger partial charge on any atom is -0.366 e. The van der Waals surface area contributed by atoms with Gasteiger partial charge in [-0.05, 0) is 31.0 Å². The van der Waals surface area contributed by atoms with Crippen molar-refractivity contribution in [2.24, 2.45) is 0 Å². The third-order valence-corrected chi connectivity index (χ3v) is 3.68. The molecule has 1 fully saturated rings. The summed E-state index contributed by atoms with van der Waals surface area (Å²) in [6.07, 6.45) is -3.36. The van der Waals surface area contributed by atoms with Crippen molar-refractivity contribution in [1.82, 2.24) is 5.32 Å². The average molecular weight is 272 g/mol. The molecule has 0 bridgehead atoms. The summed E-state index contributed by atoms with van der Waals surface area (Å²) in [6.45, 7) is 5.95. The van der Waals surface area contributed by atoms with Gasteiger partial charge in [-0.2, -0.15) is 13.2 Å². The molecule has 0 spiro atoms. The summed E-state index contributed by atoms with van der Waals surface area (Å²) in [7, 11) is 0. The molecule has 5 heteroatoms. The largest absolute Gasteiger partial charge is 0.416 e. The van der Waals surface area contributed by atoms with Crippen LogP contribution in [0.4, 0.5) is 18.9 Å². The zero-order chi connectivity index (χ0) is 14.0. The number of anilines is 1. The highest BCUT2D eigenvalue weighted by Gasteiger charge is 2.33. The van der Waals surface area contributed by atoms with E-state index in [1.165, 1.54) is 13.0 Å². The molecule has 1 aromatic carbocycles. The van der Waals surface area contributed by atoms with Crippen LogP contribution in [0.25, 0.3) is 0 Å². The summed E-state index contributed by atoms with van der Waals surface area (Å²) in [5, 5.41) is 3.28. The van der Waals surface area contributed by atoms with Gasteiger partial charge in [-0.15, -0.1) is 0 Å². The van der Waals surface area contributed by atoms with Gasteiger partial charge in [-0.25, -0.2) is 0 Å². The number of alkyl halides is 3. The predicted octanol–water partition coefficient (Wildman–Crippen LogP) is 3.20. The maximum absolute atomic E-state index is 12.9. The molecule has 1 atom stereocenters. The molecule has 2 rings (SSSR count). The van der Waals surface area contributed by atoms with Crippen molar-refractivity contribution in [2.75, 3.05) is 24.5 Å². The zero-order valence-electron chi connectivity index (χ0n) is 11.2. The molecule has 1 unspecified atom stereocenters. The van der Waals surface area contributed by atoms with E-state index in [-0.39, 0.29) is 11.6 Å². The van der Waals surface area contributed by atoms with Crippen LogP contribution in [0.15, 0.2) is 18.2 Å². The second kappa shape index (κ2) is 5.41. The van der Waals surface area contributed by atoms with E-state index in [0.717, 1.165) is 26.1 Å². The number of halogens is 3. The van der Waals surface area contributed by atoms with Crippen LogP contribution in [0.1, 0.15) is 24.5 Å². The summed E-state index contributed by atoms with van der Waals surface area (Å²) < 4.78 is 38.8. The van der Waals surface area contributed by atoms with E-state index in [1.54, 1.807) is 12.1 Å². The first-order valence-corrected chi connectivity index (χ1v) is 6.58. The lowest BCUT2D eigenvalue weighted by Crippen LogP contribution is -2.51. The van der Waals surface area contributed by atoms with E-state index >= 15 is 0 Å². The molecule has 0 amide bonds. The first-order chi connectivity index (χ1) is 8.93. The summed E-state index contributed by atoms with van der Waals surface area (Å²) in [5.41, 5.74) is 0.420. The van der Waals surface area contributed by atoms with Crippen LogP contribution < -0.4 is 10.2 Å². The van der Waals surface area contributed by atoms with Gasteiger partial charge < -0.3 is 10.2 Å². The van der Waals surface area contributed by atoms with Crippen LogP contribution in [0.2, 0.25) is 0 Å². The molecule has 19 heavy (non-hydrogen) atoms. The second-order valence-electron chi connectivity index (χ2n) is 4.96. The van der Waals surface area contributed by atoms with Gasteiger partial charge in [0.1, 0.15) is 0 Å². The highest BCUT2D eigenvalue weighted by molar-refractivity contribution is 5.53. The Morgan fingerprint density at radius 2 is 2.11 bits per heavy atom. The quantitative estimate of drug-likeness (QED) is 0.889. The van der Waals surface area contributed by atoms with Gasteiger partial charge in [0.2, 0.25) is 0 Å². The maximum Gasteiger partial charge on any atom is 0.416 e. The summed E-state index contributed by atoms with van der Waals surface area (Å²) in [5.74, 6) is 0. The van der Waals surface area contributed by atoms with Gasteiger partial charge in [-0.1, -0.05) is 13.0 Å². The zero-order valence-corrected chi connectivity index (χ0v) is 11.2. The molecule has 0 aromatic heterocycles. The van der Waals surface area contributed by atoms with Crippen molar-refractivity contribution >= 4 is 5.69 Å². The predicted molar refractivity (Wildman–Crippen MR) is 70.5 cm³/mol. The fraction of sp³-hybridized carbons (Fsp3) is 0.571. The number of benzene rings is 1. The molecule has 0 aliphatic carbocycles. The molecule has 2 nitrogen and oxygen atoms in total. The molecule has 1 saturated heterocycles. The third-order valence-electron chi connectivity index (χ3n) is 3.68. The number of hydrogen-bond donors (Lipinski definition) is 1. The lowest BCUT2D eigenvalue weighted by Gasteiger charge is -2.38. The summed E-state index contributed by atoms with van der Waals surface area (Å²) in [6, 6.07) is 4.90. The van der Waals surface area contributed by atoms with E-state index in [0.29, 0.717) is 5.69 Å². The Hall–Kier alpha value is -1.23. The molecule has 0 saturated carbocycles. The number of hydrogen-bond acceptors (Lipinski definition) is 2. The molecule has 1 aliphatic rings. The fourth-order valence-electron chi connectivity index (χ4n) is 2.56. The fourth-order valence-corrected chi connectivity index (χ4v) is 2.56. The first kappa shape index (κ1) is 14.2. The molecule has 106 valence electrons.